The van der Waals surface area contributed by atoms with E-state index in [-0.39, 0.29) is 0 Å². The first-order chi connectivity index (χ1) is 9.34. The molecule has 1 aliphatic carbocycles. The molecule has 1 N–H and O–H groups in total. The van der Waals surface area contributed by atoms with Gasteiger partial charge in [-0.3, -0.25) is 0 Å². The molecule has 5 nitrogen and oxygen atoms in total. The summed E-state index contributed by atoms with van der Waals surface area (Å²) < 4.78 is 7.45. The third-order valence-electron chi connectivity index (χ3n) is 3.43. The van der Waals surface area contributed by atoms with Crippen LogP contribution in [-0.4, -0.2) is 21.1 Å². The normalized spacial score (nSPS) is 17.3. The second-order valence-electron chi connectivity index (χ2n) is 4.80. The lowest BCUT2D eigenvalue weighted by atomic mass is 9.90. The zero-order chi connectivity index (χ0) is 13.1. The van der Waals surface area contributed by atoms with Crippen molar-refractivity contribution in [2.45, 2.75) is 32.1 Å². The van der Waals surface area contributed by atoms with Crippen molar-refractivity contribution < 1.29 is 4.42 Å². The minimum Gasteiger partial charge on any atom is -0.461 e. The number of furan rings is 1. The van der Waals surface area contributed by atoms with Gasteiger partial charge in [0.25, 0.3) is 0 Å². The molecule has 0 aromatic carbocycles. The predicted octanol–water partition coefficient (Wildman–Crippen LogP) is 3.61. The molecule has 100 valence electrons. The van der Waals surface area contributed by atoms with Gasteiger partial charge < -0.3 is 4.42 Å². The van der Waals surface area contributed by atoms with Gasteiger partial charge in [0.1, 0.15) is 0 Å². The fourth-order valence-electron chi connectivity index (χ4n) is 2.41. The molecule has 0 spiro atoms. The summed E-state index contributed by atoms with van der Waals surface area (Å²) in [5.74, 6) is 1.82. The Labute approximate surface area is 116 Å². The Morgan fingerprint density at radius 1 is 1.42 bits per heavy atom. The minimum absolute atomic E-state index is 0.485. The Balaban J connectivity index is 1.86. The third kappa shape index (κ3) is 2.68. The molecule has 1 fully saturated rings. The van der Waals surface area contributed by atoms with Gasteiger partial charge in [0.05, 0.1) is 6.26 Å². The average Bonchev–Trinajstić information content (AvgIpc) is 3.07. The summed E-state index contributed by atoms with van der Waals surface area (Å²) in [5, 5.41) is 11.4. The molecule has 1 saturated carbocycles. The monoisotopic (exact) mass is 276 g/mol. The van der Waals surface area contributed by atoms with Gasteiger partial charge in [-0.2, -0.15) is 9.78 Å². The first-order valence-electron chi connectivity index (χ1n) is 6.60. The molecule has 0 amide bonds. The van der Waals surface area contributed by atoms with Crippen LogP contribution in [-0.2, 0) is 0 Å². The van der Waals surface area contributed by atoms with E-state index in [1.807, 2.05) is 18.3 Å². The van der Waals surface area contributed by atoms with E-state index in [0.717, 1.165) is 0 Å². The maximum atomic E-state index is 5.34. The first-order valence-corrected chi connectivity index (χ1v) is 7.01. The molecule has 6 heteroatoms. The summed E-state index contributed by atoms with van der Waals surface area (Å²) in [6.45, 7) is 0. The molecule has 3 rings (SSSR count). The lowest BCUT2D eigenvalue weighted by Gasteiger charge is -2.16. The van der Waals surface area contributed by atoms with Crippen molar-refractivity contribution >= 4 is 18.4 Å². The van der Waals surface area contributed by atoms with Gasteiger partial charge in [-0.1, -0.05) is 19.3 Å². The Hall–Kier alpha value is -1.69. The third-order valence-corrected chi connectivity index (χ3v) is 3.70. The van der Waals surface area contributed by atoms with Crippen LogP contribution in [0.15, 0.2) is 27.9 Å². The van der Waals surface area contributed by atoms with E-state index >= 15 is 0 Å². The summed E-state index contributed by atoms with van der Waals surface area (Å²) in [7, 11) is 0. The average molecular weight is 276 g/mol. The van der Waals surface area contributed by atoms with Crippen LogP contribution >= 0.6 is 12.2 Å². The summed E-state index contributed by atoms with van der Waals surface area (Å²) in [6.07, 6.45) is 9.96. The lowest BCUT2D eigenvalue weighted by Crippen LogP contribution is -2.08. The van der Waals surface area contributed by atoms with Crippen LogP contribution in [0.2, 0.25) is 0 Å². The van der Waals surface area contributed by atoms with E-state index in [0.29, 0.717) is 22.3 Å². The lowest BCUT2D eigenvalue weighted by molar-refractivity contribution is 0.443. The van der Waals surface area contributed by atoms with Gasteiger partial charge in [-0.05, 0) is 43.1 Å². The Morgan fingerprint density at radius 3 is 3.00 bits per heavy atom. The molecular weight excluding hydrogens is 260 g/mol. The van der Waals surface area contributed by atoms with Crippen LogP contribution in [0.5, 0.6) is 0 Å². The standard InChI is InChI=1S/C13H16N4OS/c19-13-16-15-12(11-7-4-8-18-11)17(13)14-9-10-5-2-1-3-6-10/h4,7-10H,1-3,5-6H2,(H,16,19)/b14-9-. The van der Waals surface area contributed by atoms with Crippen LogP contribution in [0.3, 0.4) is 0 Å². The fourth-order valence-corrected chi connectivity index (χ4v) is 2.59. The van der Waals surface area contributed by atoms with Crippen molar-refractivity contribution in [2.24, 2.45) is 11.0 Å². The van der Waals surface area contributed by atoms with Crippen molar-refractivity contribution in [2.75, 3.05) is 0 Å². The zero-order valence-corrected chi connectivity index (χ0v) is 11.4. The Bertz CT molecular complexity index is 605. The van der Waals surface area contributed by atoms with Gasteiger partial charge >= 0.3 is 0 Å². The molecule has 0 bridgehead atoms. The predicted molar refractivity (Wildman–Crippen MR) is 75.6 cm³/mol. The van der Waals surface area contributed by atoms with Crippen molar-refractivity contribution in [3.05, 3.63) is 23.2 Å². The molecule has 1 aliphatic rings. The Kier molecular flexibility index (Phi) is 3.59. The molecule has 0 atom stereocenters. The van der Waals surface area contributed by atoms with E-state index in [9.17, 15) is 0 Å². The molecule has 0 aliphatic heterocycles. The second kappa shape index (κ2) is 5.52. The van der Waals surface area contributed by atoms with Gasteiger partial charge in [0, 0.05) is 6.21 Å². The smallest absolute Gasteiger partial charge is 0.219 e. The summed E-state index contributed by atoms with van der Waals surface area (Å²) in [5.41, 5.74) is 0. The highest BCUT2D eigenvalue weighted by Crippen LogP contribution is 2.22. The number of rotatable bonds is 3. The van der Waals surface area contributed by atoms with Crippen LogP contribution in [0, 0.1) is 10.7 Å². The second-order valence-corrected chi connectivity index (χ2v) is 5.19. The summed E-state index contributed by atoms with van der Waals surface area (Å²) in [6, 6.07) is 3.67. The van der Waals surface area contributed by atoms with E-state index < -0.39 is 0 Å². The molecule has 0 unspecified atom stereocenters. The molecule has 19 heavy (non-hydrogen) atoms. The summed E-state index contributed by atoms with van der Waals surface area (Å²) >= 11 is 5.20. The van der Waals surface area contributed by atoms with Gasteiger partial charge in [0.2, 0.25) is 10.6 Å². The van der Waals surface area contributed by atoms with E-state index in [1.165, 1.54) is 32.1 Å². The van der Waals surface area contributed by atoms with Crippen molar-refractivity contribution in [1.82, 2.24) is 14.9 Å². The number of nitrogens with one attached hydrogen (secondary N) is 1. The van der Waals surface area contributed by atoms with E-state index in [1.54, 1.807) is 10.9 Å². The molecule has 2 aromatic heterocycles. The molecule has 2 heterocycles. The van der Waals surface area contributed by atoms with Crippen molar-refractivity contribution in [3.63, 3.8) is 0 Å². The quantitative estimate of drug-likeness (QED) is 0.688. The SMILES string of the molecule is S=c1[nH]nc(-c2ccco2)n1/N=C\C1CCCCC1. The van der Waals surface area contributed by atoms with Crippen LogP contribution in [0.1, 0.15) is 32.1 Å². The largest absolute Gasteiger partial charge is 0.461 e. The fraction of sp³-hybridized carbons (Fsp3) is 0.462. The molecule has 2 aromatic rings. The first kappa shape index (κ1) is 12.3. The van der Waals surface area contributed by atoms with E-state index in [2.05, 4.69) is 15.3 Å². The highest BCUT2D eigenvalue weighted by Gasteiger charge is 2.13. The topological polar surface area (TPSA) is 59.1 Å². The van der Waals surface area contributed by atoms with E-state index in [4.69, 9.17) is 16.6 Å². The number of H-pyrrole nitrogens is 1. The summed E-state index contributed by atoms with van der Waals surface area (Å²) in [4.78, 5) is 0. The van der Waals surface area contributed by atoms with Gasteiger partial charge in [-0.15, -0.1) is 5.10 Å². The van der Waals surface area contributed by atoms with Crippen LogP contribution in [0.25, 0.3) is 11.6 Å². The highest BCUT2D eigenvalue weighted by atomic mass is 32.1. The minimum atomic E-state index is 0.485. The number of nitrogens with zero attached hydrogens (tertiary/aromatic N) is 3. The number of aromatic amines is 1. The molecule has 0 radical (unpaired) electrons. The van der Waals surface area contributed by atoms with Crippen LogP contribution in [0.4, 0.5) is 0 Å². The number of hydrogen-bond donors (Lipinski definition) is 1. The highest BCUT2D eigenvalue weighted by molar-refractivity contribution is 7.71. The van der Waals surface area contributed by atoms with Gasteiger partial charge in [0.15, 0.2) is 5.76 Å². The maximum absolute atomic E-state index is 5.34. The molecule has 0 saturated heterocycles. The van der Waals surface area contributed by atoms with Crippen molar-refractivity contribution in [3.8, 4) is 11.6 Å². The molecular formula is C13H16N4OS. The maximum Gasteiger partial charge on any atom is 0.219 e. The van der Waals surface area contributed by atoms with Crippen molar-refractivity contribution in [1.29, 1.82) is 0 Å². The number of hydrogen-bond acceptors (Lipinski definition) is 4. The van der Waals surface area contributed by atoms with Crippen LogP contribution < -0.4 is 0 Å². The zero-order valence-electron chi connectivity index (χ0n) is 10.6. The number of aromatic nitrogens is 3. The van der Waals surface area contributed by atoms with Gasteiger partial charge in [-0.25, -0.2) is 5.10 Å². The Morgan fingerprint density at radius 2 is 2.26 bits per heavy atom.